The molecule has 192 valence electrons. The fourth-order valence-corrected chi connectivity index (χ4v) is 5.63. The summed E-state index contributed by atoms with van der Waals surface area (Å²) in [6.45, 7) is -1.62. The molecule has 1 saturated heterocycles. The van der Waals surface area contributed by atoms with Gasteiger partial charge in [0.2, 0.25) is 11.9 Å². The molecule has 7 rings (SSSR count). The van der Waals surface area contributed by atoms with Crippen molar-refractivity contribution in [2.24, 2.45) is 0 Å². The highest BCUT2D eigenvalue weighted by Gasteiger charge is 2.42. The summed E-state index contributed by atoms with van der Waals surface area (Å²) >= 11 is 0. The quantitative estimate of drug-likeness (QED) is 0.428. The van der Waals surface area contributed by atoms with Gasteiger partial charge in [0, 0.05) is 42.2 Å². The lowest BCUT2D eigenvalue weighted by Crippen LogP contribution is -2.48. The first-order chi connectivity index (χ1) is 18.5. The summed E-state index contributed by atoms with van der Waals surface area (Å²) in [5.74, 6) is 0.737. The molecule has 2 aromatic heterocycles. The highest BCUT2D eigenvalue weighted by molar-refractivity contribution is 5.98. The van der Waals surface area contributed by atoms with Gasteiger partial charge in [-0.3, -0.25) is 9.59 Å². The van der Waals surface area contributed by atoms with Gasteiger partial charge >= 0.3 is 6.61 Å². The summed E-state index contributed by atoms with van der Waals surface area (Å²) in [6.07, 6.45) is 3.90. The first-order valence-electron chi connectivity index (χ1n) is 12.2. The maximum absolute atomic E-state index is 13.3. The van der Waals surface area contributed by atoms with Crippen LogP contribution in [0.2, 0.25) is 0 Å². The largest absolute Gasteiger partial charge is 0.434 e. The van der Waals surface area contributed by atoms with Crippen LogP contribution < -0.4 is 20.3 Å². The van der Waals surface area contributed by atoms with Crippen LogP contribution in [0.5, 0.6) is 5.75 Å². The van der Waals surface area contributed by atoms with Crippen LogP contribution in [-0.4, -0.2) is 57.6 Å². The van der Waals surface area contributed by atoms with E-state index in [1.807, 2.05) is 27.7 Å². The Morgan fingerprint density at radius 2 is 1.92 bits per heavy atom. The van der Waals surface area contributed by atoms with Gasteiger partial charge in [0.1, 0.15) is 11.6 Å². The summed E-state index contributed by atoms with van der Waals surface area (Å²) in [5.41, 5.74) is 3.89. The molecule has 2 atom stereocenters. The molecule has 1 fully saturated rings. The van der Waals surface area contributed by atoms with E-state index >= 15 is 0 Å². The summed E-state index contributed by atoms with van der Waals surface area (Å²) in [5, 5.41) is 5.77. The van der Waals surface area contributed by atoms with E-state index in [2.05, 4.69) is 20.6 Å². The number of rotatable bonds is 4. The molecule has 4 aromatic rings. The van der Waals surface area contributed by atoms with E-state index in [9.17, 15) is 18.4 Å². The highest BCUT2D eigenvalue weighted by Crippen LogP contribution is 2.47. The second kappa shape index (κ2) is 8.47. The number of nitrogens with one attached hydrogen (secondary N) is 2. The van der Waals surface area contributed by atoms with E-state index in [0.717, 1.165) is 22.2 Å². The number of nitrogens with zero attached hydrogens (tertiary/aromatic N) is 5. The standard InChI is InChI=1S/C26H21F2N7O3/c27-25(28)38-20-3-1-2-15-22(20)19-9-17(33-24(15)37)23-32-16-5-4-13(8-18(16)35(19)23)14-10-30-26(31-11-14)34-7-6-29-21(36)12-34/h1-5,8,10-11,17,19,25H,6-7,9,12H2,(H,29,36)(H,33,37)/t17-,19-/m1/s1. The Morgan fingerprint density at radius 3 is 2.71 bits per heavy atom. The molecule has 3 aliphatic rings. The fraction of sp³-hybridized carbons (Fsp3) is 0.269. The van der Waals surface area contributed by atoms with Crippen molar-refractivity contribution in [3.63, 3.8) is 0 Å². The van der Waals surface area contributed by atoms with Crippen molar-refractivity contribution in [1.82, 2.24) is 30.2 Å². The molecular weight excluding hydrogens is 496 g/mol. The number of hydrogen-bond donors (Lipinski definition) is 2. The van der Waals surface area contributed by atoms with E-state index in [1.54, 1.807) is 24.5 Å². The molecule has 38 heavy (non-hydrogen) atoms. The molecular formula is C26H21F2N7O3. The first kappa shape index (κ1) is 22.6. The molecule has 0 saturated carbocycles. The van der Waals surface area contributed by atoms with Crippen molar-refractivity contribution >= 4 is 28.8 Å². The molecule has 5 heterocycles. The number of ether oxygens (including phenoxy) is 1. The third-order valence-corrected chi connectivity index (χ3v) is 7.26. The number of imidazole rings is 1. The minimum Gasteiger partial charge on any atom is -0.434 e. The zero-order chi connectivity index (χ0) is 26.0. The second-order valence-corrected chi connectivity index (χ2v) is 9.46. The third kappa shape index (κ3) is 3.55. The molecule has 0 unspecified atom stereocenters. The average molecular weight is 517 g/mol. The summed E-state index contributed by atoms with van der Waals surface area (Å²) in [4.78, 5) is 40.2. The Labute approximate surface area is 214 Å². The van der Waals surface area contributed by atoms with Crippen molar-refractivity contribution in [3.05, 3.63) is 65.7 Å². The predicted octanol–water partition coefficient (Wildman–Crippen LogP) is 2.81. The number of aromatic nitrogens is 4. The van der Waals surface area contributed by atoms with Gasteiger partial charge in [-0.25, -0.2) is 15.0 Å². The number of piperazine rings is 1. The number of benzene rings is 2. The van der Waals surface area contributed by atoms with Crippen molar-refractivity contribution in [2.45, 2.75) is 25.1 Å². The van der Waals surface area contributed by atoms with Gasteiger partial charge in [0.05, 0.1) is 29.7 Å². The number of alkyl halides is 2. The topological polar surface area (TPSA) is 114 Å². The molecule has 0 aliphatic carbocycles. The van der Waals surface area contributed by atoms with Gasteiger partial charge in [-0.1, -0.05) is 12.1 Å². The second-order valence-electron chi connectivity index (χ2n) is 9.46. The van der Waals surface area contributed by atoms with Crippen molar-refractivity contribution in [1.29, 1.82) is 0 Å². The summed E-state index contributed by atoms with van der Waals surface area (Å²) in [6, 6.07) is 9.62. The molecule has 2 amide bonds. The summed E-state index contributed by atoms with van der Waals surface area (Å²) < 4.78 is 33.3. The van der Waals surface area contributed by atoms with Crippen molar-refractivity contribution in [3.8, 4) is 16.9 Å². The zero-order valence-corrected chi connectivity index (χ0v) is 19.9. The van der Waals surface area contributed by atoms with Gasteiger partial charge in [-0.2, -0.15) is 8.78 Å². The van der Waals surface area contributed by atoms with Crippen LogP contribution in [0.25, 0.3) is 22.2 Å². The maximum Gasteiger partial charge on any atom is 0.387 e. The van der Waals surface area contributed by atoms with Gasteiger partial charge in [-0.15, -0.1) is 0 Å². The minimum absolute atomic E-state index is 0.0143. The number of amides is 2. The normalized spacial score (nSPS) is 20.1. The number of carbonyl (C=O) groups excluding carboxylic acids is 2. The fourth-order valence-electron chi connectivity index (χ4n) is 5.63. The molecule has 3 aliphatic heterocycles. The molecule has 0 radical (unpaired) electrons. The van der Waals surface area contributed by atoms with Crippen LogP contribution in [-0.2, 0) is 4.79 Å². The van der Waals surface area contributed by atoms with E-state index in [4.69, 9.17) is 9.72 Å². The number of hydrogen-bond acceptors (Lipinski definition) is 7. The van der Waals surface area contributed by atoms with Crippen LogP contribution in [0.3, 0.4) is 0 Å². The Bertz CT molecular complexity index is 1600. The number of halogens is 2. The van der Waals surface area contributed by atoms with Crippen LogP contribution >= 0.6 is 0 Å². The molecule has 0 spiro atoms. The van der Waals surface area contributed by atoms with Gasteiger partial charge in [-0.05, 0) is 36.2 Å². The first-order valence-corrected chi connectivity index (χ1v) is 12.2. The number of fused-ring (bicyclic) bond motifs is 9. The molecule has 10 nitrogen and oxygen atoms in total. The third-order valence-electron chi connectivity index (χ3n) is 7.26. The van der Waals surface area contributed by atoms with E-state index < -0.39 is 12.7 Å². The summed E-state index contributed by atoms with van der Waals surface area (Å²) in [7, 11) is 0. The van der Waals surface area contributed by atoms with Gasteiger partial charge < -0.3 is 24.8 Å². The molecule has 2 bridgehead atoms. The SMILES string of the molecule is O=C1CN(c2ncc(-c3ccc4nc5n(c4c3)[C@@H]3C[C@H]5NC(=O)c4cccc(OC(F)F)c43)cn2)CCN1. The van der Waals surface area contributed by atoms with Crippen LogP contribution in [0, 0.1) is 0 Å². The Balaban J connectivity index is 1.30. The Morgan fingerprint density at radius 1 is 1.08 bits per heavy atom. The monoisotopic (exact) mass is 517 g/mol. The van der Waals surface area contributed by atoms with Gasteiger partial charge in [0.15, 0.2) is 0 Å². The van der Waals surface area contributed by atoms with E-state index in [-0.39, 0.29) is 30.2 Å². The highest BCUT2D eigenvalue weighted by atomic mass is 19.3. The molecule has 2 N–H and O–H groups in total. The predicted molar refractivity (Wildman–Crippen MR) is 132 cm³/mol. The maximum atomic E-state index is 13.3. The van der Waals surface area contributed by atoms with Crippen LogP contribution in [0.1, 0.15) is 40.3 Å². The number of anilines is 1. The lowest BCUT2D eigenvalue weighted by atomic mass is 9.97. The lowest BCUT2D eigenvalue weighted by molar-refractivity contribution is -0.120. The molecule has 12 heteroatoms. The van der Waals surface area contributed by atoms with Crippen LogP contribution in [0.4, 0.5) is 14.7 Å². The van der Waals surface area contributed by atoms with E-state index in [1.165, 1.54) is 6.07 Å². The van der Waals surface area contributed by atoms with Gasteiger partial charge in [0.25, 0.3) is 5.91 Å². The van der Waals surface area contributed by atoms with Crippen molar-refractivity contribution < 1.29 is 23.1 Å². The molecule has 2 aromatic carbocycles. The average Bonchev–Trinajstić information content (AvgIpc) is 3.40. The smallest absolute Gasteiger partial charge is 0.387 e. The Kier molecular flexibility index (Phi) is 5.03. The lowest BCUT2D eigenvalue weighted by Gasteiger charge is -2.26. The minimum atomic E-state index is -3.02. The van der Waals surface area contributed by atoms with Crippen LogP contribution in [0.15, 0.2) is 48.8 Å². The van der Waals surface area contributed by atoms with Crippen molar-refractivity contribution in [2.75, 3.05) is 24.5 Å². The number of carbonyl (C=O) groups is 2. The van der Waals surface area contributed by atoms with E-state index in [0.29, 0.717) is 42.4 Å². The Hall–Kier alpha value is -4.61. The zero-order valence-electron chi connectivity index (χ0n) is 19.9.